The first-order valence-electron chi connectivity index (χ1n) is 8.66. The lowest BCUT2D eigenvalue weighted by atomic mass is 9.99. The molecule has 1 amide bonds. The van der Waals surface area contributed by atoms with E-state index in [-0.39, 0.29) is 11.8 Å². The molecule has 122 valence electrons. The van der Waals surface area contributed by atoms with Crippen LogP contribution >= 0.6 is 0 Å². The summed E-state index contributed by atoms with van der Waals surface area (Å²) in [6.45, 7) is 10.5. The Morgan fingerprint density at radius 3 is 2.41 bits per heavy atom. The van der Waals surface area contributed by atoms with E-state index in [1.807, 2.05) is 13.8 Å². The van der Waals surface area contributed by atoms with Crippen LogP contribution in [0.4, 0.5) is 0 Å². The van der Waals surface area contributed by atoms with Crippen LogP contribution in [0.25, 0.3) is 0 Å². The molecule has 0 aromatic heterocycles. The van der Waals surface area contributed by atoms with Crippen molar-refractivity contribution in [3.8, 4) is 0 Å². The SMILES string of the molecule is CCC(C)C(=O)NCc1ccc(CN2CCC(C)CC2)cc1. The Morgan fingerprint density at radius 1 is 1.23 bits per heavy atom. The number of rotatable bonds is 6. The van der Waals surface area contributed by atoms with Gasteiger partial charge in [0.1, 0.15) is 0 Å². The Balaban J connectivity index is 1.79. The van der Waals surface area contributed by atoms with Crippen LogP contribution in [0.5, 0.6) is 0 Å². The van der Waals surface area contributed by atoms with Crippen LogP contribution in [0, 0.1) is 11.8 Å². The molecule has 0 aliphatic carbocycles. The topological polar surface area (TPSA) is 32.3 Å². The molecule has 1 fully saturated rings. The van der Waals surface area contributed by atoms with Crippen molar-refractivity contribution >= 4 is 5.91 Å². The lowest BCUT2D eigenvalue weighted by Crippen LogP contribution is -2.32. The molecular weight excluding hydrogens is 272 g/mol. The van der Waals surface area contributed by atoms with Crippen molar-refractivity contribution in [2.45, 2.75) is 53.1 Å². The van der Waals surface area contributed by atoms with Crippen LogP contribution in [0.15, 0.2) is 24.3 Å². The number of carbonyl (C=O) groups is 1. The second-order valence-corrected chi connectivity index (χ2v) is 6.80. The lowest BCUT2D eigenvalue weighted by molar-refractivity contribution is -0.124. The van der Waals surface area contributed by atoms with E-state index in [2.05, 4.69) is 41.4 Å². The molecule has 0 bridgehead atoms. The third-order valence-electron chi connectivity index (χ3n) is 4.83. The van der Waals surface area contributed by atoms with Gasteiger partial charge in [-0.3, -0.25) is 9.69 Å². The summed E-state index contributed by atoms with van der Waals surface area (Å²) in [7, 11) is 0. The van der Waals surface area contributed by atoms with Crippen LogP contribution < -0.4 is 5.32 Å². The fourth-order valence-electron chi connectivity index (χ4n) is 2.79. The predicted molar refractivity (Wildman–Crippen MR) is 91.4 cm³/mol. The summed E-state index contributed by atoms with van der Waals surface area (Å²) in [5, 5.41) is 3.01. The van der Waals surface area contributed by atoms with Crippen molar-refractivity contribution in [3.05, 3.63) is 35.4 Å². The van der Waals surface area contributed by atoms with Crippen molar-refractivity contribution in [3.63, 3.8) is 0 Å². The van der Waals surface area contributed by atoms with Gasteiger partial charge in [-0.25, -0.2) is 0 Å². The van der Waals surface area contributed by atoms with Gasteiger partial charge in [-0.2, -0.15) is 0 Å². The number of hydrogen-bond acceptors (Lipinski definition) is 2. The number of amides is 1. The highest BCUT2D eigenvalue weighted by Crippen LogP contribution is 2.18. The number of hydrogen-bond donors (Lipinski definition) is 1. The fourth-order valence-corrected chi connectivity index (χ4v) is 2.79. The van der Waals surface area contributed by atoms with Crippen molar-refractivity contribution in [1.82, 2.24) is 10.2 Å². The Morgan fingerprint density at radius 2 is 1.82 bits per heavy atom. The minimum Gasteiger partial charge on any atom is -0.352 e. The maximum atomic E-state index is 11.8. The average Bonchev–Trinajstić information content (AvgIpc) is 2.55. The molecule has 0 radical (unpaired) electrons. The third kappa shape index (κ3) is 5.13. The molecule has 0 spiro atoms. The molecule has 1 aromatic rings. The quantitative estimate of drug-likeness (QED) is 0.871. The summed E-state index contributed by atoms with van der Waals surface area (Å²) in [4.78, 5) is 14.3. The molecule has 22 heavy (non-hydrogen) atoms. The second kappa shape index (κ2) is 8.33. The van der Waals surface area contributed by atoms with Crippen molar-refractivity contribution < 1.29 is 4.79 Å². The largest absolute Gasteiger partial charge is 0.352 e. The average molecular weight is 302 g/mol. The van der Waals surface area contributed by atoms with Crippen LogP contribution in [0.3, 0.4) is 0 Å². The Bertz CT molecular complexity index is 461. The van der Waals surface area contributed by atoms with Crippen LogP contribution in [-0.2, 0) is 17.9 Å². The highest BCUT2D eigenvalue weighted by atomic mass is 16.1. The molecule has 1 N–H and O–H groups in total. The number of likely N-dealkylation sites (tertiary alicyclic amines) is 1. The van der Waals surface area contributed by atoms with Gasteiger partial charge in [0.15, 0.2) is 0 Å². The summed E-state index contributed by atoms with van der Waals surface area (Å²) in [5.41, 5.74) is 2.54. The van der Waals surface area contributed by atoms with Crippen molar-refractivity contribution in [1.29, 1.82) is 0 Å². The molecule has 0 saturated carbocycles. The maximum Gasteiger partial charge on any atom is 0.223 e. The van der Waals surface area contributed by atoms with Gasteiger partial charge >= 0.3 is 0 Å². The molecule has 3 nitrogen and oxygen atoms in total. The summed E-state index contributed by atoms with van der Waals surface area (Å²) in [6.07, 6.45) is 3.53. The molecule has 1 unspecified atom stereocenters. The van der Waals surface area contributed by atoms with E-state index >= 15 is 0 Å². The standard InChI is InChI=1S/C19H30N2O/c1-4-16(3)19(22)20-13-17-5-7-18(8-6-17)14-21-11-9-15(2)10-12-21/h5-8,15-16H,4,9-14H2,1-3H3,(H,20,22). The Labute approximate surface area is 135 Å². The molecule has 1 aliphatic rings. The summed E-state index contributed by atoms with van der Waals surface area (Å²) in [5.74, 6) is 1.13. The van der Waals surface area contributed by atoms with Crippen LogP contribution in [0.1, 0.15) is 51.2 Å². The monoisotopic (exact) mass is 302 g/mol. The van der Waals surface area contributed by atoms with Gasteiger partial charge in [0.05, 0.1) is 0 Å². The summed E-state index contributed by atoms with van der Waals surface area (Å²) in [6, 6.07) is 8.67. The first-order chi connectivity index (χ1) is 10.6. The van der Waals surface area contributed by atoms with E-state index in [9.17, 15) is 4.79 Å². The number of nitrogens with zero attached hydrogens (tertiary/aromatic N) is 1. The fraction of sp³-hybridized carbons (Fsp3) is 0.632. The van der Waals surface area contributed by atoms with Crippen molar-refractivity contribution in [2.24, 2.45) is 11.8 Å². The molecule has 1 aromatic carbocycles. The van der Waals surface area contributed by atoms with Gasteiger partial charge in [0.2, 0.25) is 5.91 Å². The number of piperidine rings is 1. The van der Waals surface area contributed by atoms with E-state index in [0.29, 0.717) is 6.54 Å². The van der Waals surface area contributed by atoms with Gasteiger partial charge in [0, 0.05) is 19.0 Å². The van der Waals surface area contributed by atoms with E-state index < -0.39 is 0 Å². The number of carbonyl (C=O) groups excluding carboxylic acids is 1. The smallest absolute Gasteiger partial charge is 0.223 e. The predicted octanol–water partition coefficient (Wildman–Crippen LogP) is 3.58. The molecule has 1 aliphatic heterocycles. The van der Waals surface area contributed by atoms with Gasteiger partial charge < -0.3 is 5.32 Å². The zero-order valence-corrected chi connectivity index (χ0v) is 14.3. The lowest BCUT2D eigenvalue weighted by Gasteiger charge is -2.30. The van der Waals surface area contributed by atoms with Crippen LogP contribution in [-0.4, -0.2) is 23.9 Å². The first-order valence-corrected chi connectivity index (χ1v) is 8.66. The third-order valence-corrected chi connectivity index (χ3v) is 4.83. The minimum atomic E-state index is 0.0979. The Kier molecular flexibility index (Phi) is 6.44. The normalized spacial score (nSPS) is 18.1. The van der Waals surface area contributed by atoms with Gasteiger partial charge in [-0.05, 0) is 49.4 Å². The second-order valence-electron chi connectivity index (χ2n) is 6.80. The van der Waals surface area contributed by atoms with E-state index in [1.54, 1.807) is 0 Å². The van der Waals surface area contributed by atoms with Gasteiger partial charge in [-0.1, -0.05) is 45.0 Å². The first kappa shape index (κ1) is 17.0. The zero-order chi connectivity index (χ0) is 15.9. The summed E-state index contributed by atoms with van der Waals surface area (Å²) >= 11 is 0. The summed E-state index contributed by atoms with van der Waals surface area (Å²) < 4.78 is 0. The van der Waals surface area contributed by atoms with Gasteiger partial charge in [0.25, 0.3) is 0 Å². The minimum absolute atomic E-state index is 0.0979. The Hall–Kier alpha value is -1.35. The van der Waals surface area contributed by atoms with Crippen molar-refractivity contribution in [2.75, 3.05) is 13.1 Å². The zero-order valence-electron chi connectivity index (χ0n) is 14.3. The van der Waals surface area contributed by atoms with Crippen LogP contribution in [0.2, 0.25) is 0 Å². The number of benzene rings is 1. The van der Waals surface area contributed by atoms with E-state index in [1.165, 1.54) is 37.1 Å². The highest BCUT2D eigenvalue weighted by molar-refractivity contribution is 5.78. The van der Waals surface area contributed by atoms with E-state index in [4.69, 9.17) is 0 Å². The molecule has 2 rings (SSSR count). The van der Waals surface area contributed by atoms with Gasteiger partial charge in [-0.15, -0.1) is 0 Å². The molecule has 1 saturated heterocycles. The number of nitrogens with one attached hydrogen (secondary N) is 1. The molecule has 1 atom stereocenters. The molecule has 1 heterocycles. The molecule has 3 heteroatoms. The maximum absolute atomic E-state index is 11.8. The van der Waals surface area contributed by atoms with E-state index in [0.717, 1.165) is 18.9 Å². The highest BCUT2D eigenvalue weighted by Gasteiger charge is 2.15. The molecular formula is C19H30N2O.